The van der Waals surface area contributed by atoms with Gasteiger partial charge in [0.1, 0.15) is 11.2 Å². The van der Waals surface area contributed by atoms with Gasteiger partial charge in [-0.15, -0.1) is 0 Å². The molecule has 1 heterocycles. The Morgan fingerprint density at radius 1 is 1.22 bits per heavy atom. The number of rotatable bonds is 5. The van der Waals surface area contributed by atoms with Crippen molar-refractivity contribution in [3.05, 3.63) is 41.7 Å². The molecule has 6 heteroatoms. The second-order valence-corrected chi connectivity index (χ2v) is 5.82. The van der Waals surface area contributed by atoms with Crippen LogP contribution in [0.5, 0.6) is 0 Å². The molecular formula is C17H19N3O3. The number of amides is 2. The Kier molecular flexibility index (Phi) is 3.90. The Bertz CT molecular complexity index is 747. The lowest BCUT2D eigenvalue weighted by molar-refractivity contribution is -0.131. The Labute approximate surface area is 134 Å². The van der Waals surface area contributed by atoms with E-state index in [0.29, 0.717) is 24.4 Å². The minimum Gasteiger partial charge on any atom is -0.360 e. The first kappa shape index (κ1) is 15.3. The SMILES string of the molecule is CCc1ccccc1NC(=O)C1(C(=O)Nc2cc(C)on2)CC1. The highest BCUT2D eigenvalue weighted by Gasteiger charge is 2.56. The van der Waals surface area contributed by atoms with Crippen molar-refractivity contribution in [2.75, 3.05) is 10.6 Å². The summed E-state index contributed by atoms with van der Waals surface area (Å²) in [5, 5.41) is 9.28. The molecule has 2 N–H and O–H groups in total. The van der Waals surface area contributed by atoms with Gasteiger partial charge in [-0.05, 0) is 37.8 Å². The molecule has 1 aliphatic rings. The first-order valence-electron chi connectivity index (χ1n) is 7.69. The largest absolute Gasteiger partial charge is 0.360 e. The van der Waals surface area contributed by atoms with Gasteiger partial charge in [0, 0.05) is 11.8 Å². The highest BCUT2D eigenvalue weighted by atomic mass is 16.5. The van der Waals surface area contributed by atoms with E-state index in [9.17, 15) is 9.59 Å². The molecule has 0 unspecified atom stereocenters. The van der Waals surface area contributed by atoms with Crippen molar-refractivity contribution in [1.82, 2.24) is 5.16 Å². The summed E-state index contributed by atoms with van der Waals surface area (Å²) in [6, 6.07) is 9.24. The molecule has 0 bridgehead atoms. The molecule has 1 aliphatic carbocycles. The lowest BCUT2D eigenvalue weighted by atomic mass is 10.0. The molecule has 1 aromatic carbocycles. The van der Waals surface area contributed by atoms with Gasteiger partial charge in [0.05, 0.1) is 0 Å². The summed E-state index contributed by atoms with van der Waals surface area (Å²) in [4.78, 5) is 25.0. The van der Waals surface area contributed by atoms with E-state index in [4.69, 9.17) is 4.52 Å². The molecule has 1 saturated carbocycles. The van der Waals surface area contributed by atoms with E-state index in [-0.39, 0.29) is 11.8 Å². The molecule has 2 amide bonds. The number of benzene rings is 1. The molecule has 0 spiro atoms. The first-order valence-corrected chi connectivity index (χ1v) is 7.69. The molecule has 3 rings (SSSR count). The lowest BCUT2D eigenvalue weighted by Gasteiger charge is -2.16. The van der Waals surface area contributed by atoms with Crippen LogP contribution in [0.25, 0.3) is 0 Å². The summed E-state index contributed by atoms with van der Waals surface area (Å²) in [5.41, 5.74) is 0.800. The smallest absolute Gasteiger partial charge is 0.241 e. The number of anilines is 2. The van der Waals surface area contributed by atoms with Gasteiger partial charge in [-0.1, -0.05) is 30.3 Å². The molecule has 0 aliphatic heterocycles. The fourth-order valence-electron chi connectivity index (χ4n) is 2.54. The predicted octanol–water partition coefficient (Wildman–Crippen LogP) is 2.90. The number of carbonyl (C=O) groups excluding carboxylic acids is 2. The number of aromatic nitrogens is 1. The summed E-state index contributed by atoms with van der Waals surface area (Å²) < 4.78 is 4.92. The minimum atomic E-state index is -1.01. The zero-order valence-corrected chi connectivity index (χ0v) is 13.2. The van der Waals surface area contributed by atoms with Crippen molar-refractivity contribution >= 4 is 23.3 Å². The number of nitrogens with zero attached hydrogens (tertiary/aromatic N) is 1. The summed E-state index contributed by atoms with van der Waals surface area (Å²) in [6.07, 6.45) is 1.89. The van der Waals surface area contributed by atoms with Gasteiger partial charge >= 0.3 is 0 Å². The van der Waals surface area contributed by atoms with Crippen molar-refractivity contribution < 1.29 is 14.1 Å². The summed E-state index contributed by atoms with van der Waals surface area (Å²) in [7, 11) is 0. The van der Waals surface area contributed by atoms with Gasteiger partial charge in [-0.25, -0.2) is 0 Å². The molecular weight excluding hydrogens is 294 g/mol. The number of carbonyl (C=O) groups is 2. The van der Waals surface area contributed by atoms with E-state index in [2.05, 4.69) is 15.8 Å². The Hall–Kier alpha value is -2.63. The molecule has 2 aromatic rings. The second-order valence-electron chi connectivity index (χ2n) is 5.82. The zero-order valence-electron chi connectivity index (χ0n) is 13.2. The summed E-state index contributed by atoms with van der Waals surface area (Å²) in [6.45, 7) is 3.77. The number of para-hydroxylation sites is 1. The maximum atomic E-state index is 12.6. The standard InChI is InChI=1S/C17H19N3O3/c1-3-12-6-4-5-7-13(12)18-15(21)17(8-9-17)16(22)19-14-10-11(2)23-20-14/h4-7,10H,3,8-9H2,1-2H3,(H,18,21)(H,19,20,22). The monoisotopic (exact) mass is 313 g/mol. The normalized spacial score (nSPS) is 15.0. The van der Waals surface area contributed by atoms with Gasteiger partial charge in [-0.3, -0.25) is 9.59 Å². The fraction of sp³-hybridized carbons (Fsp3) is 0.353. The number of hydrogen-bond donors (Lipinski definition) is 2. The van der Waals surface area contributed by atoms with Crippen LogP contribution in [0.1, 0.15) is 31.1 Å². The molecule has 120 valence electrons. The molecule has 0 radical (unpaired) electrons. The van der Waals surface area contributed by atoms with E-state index < -0.39 is 5.41 Å². The topological polar surface area (TPSA) is 84.2 Å². The van der Waals surface area contributed by atoms with Crippen molar-refractivity contribution in [3.8, 4) is 0 Å². The third-order valence-corrected chi connectivity index (χ3v) is 4.14. The van der Waals surface area contributed by atoms with Crippen LogP contribution in [-0.4, -0.2) is 17.0 Å². The van der Waals surface area contributed by atoms with Gasteiger partial charge in [0.15, 0.2) is 5.82 Å². The number of hydrogen-bond acceptors (Lipinski definition) is 4. The van der Waals surface area contributed by atoms with Crippen LogP contribution >= 0.6 is 0 Å². The van der Waals surface area contributed by atoms with E-state index >= 15 is 0 Å². The maximum absolute atomic E-state index is 12.6. The van der Waals surface area contributed by atoms with Gasteiger partial charge in [0.25, 0.3) is 0 Å². The van der Waals surface area contributed by atoms with Crippen LogP contribution in [0, 0.1) is 12.3 Å². The van der Waals surface area contributed by atoms with E-state index in [1.54, 1.807) is 13.0 Å². The van der Waals surface area contributed by atoms with E-state index in [1.807, 2.05) is 31.2 Å². The second kappa shape index (κ2) is 5.87. The predicted molar refractivity (Wildman–Crippen MR) is 86.0 cm³/mol. The van der Waals surface area contributed by atoms with Crippen LogP contribution < -0.4 is 10.6 Å². The van der Waals surface area contributed by atoms with Crippen molar-refractivity contribution in [2.24, 2.45) is 5.41 Å². The lowest BCUT2D eigenvalue weighted by Crippen LogP contribution is -2.36. The Balaban J connectivity index is 1.72. The molecule has 1 fully saturated rings. The highest BCUT2D eigenvalue weighted by Crippen LogP contribution is 2.47. The molecule has 0 saturated heterocycles. The van der Waals surface area contributed by atoms with E-state index in [0.717, 1.165) is 17.7 Å². The third-order valence-electron chi connectivity index (χ3n) is 4.14. The zero-order chi connectivity index (χ0) is 16.4. The maximum Gasteiger partial charge on any atom is 0.241 e. The van der Waals surface area contributed by atoms with Crippen molar-refractivity contribution in [2.45, 2.75) is 33.1 Å². The molecule has 1 aromatic heterocycles. The van der Waals surface area contributed by atoms with Gasteiger partial charge in [0.2, 0.25) is 11.8 Å². The average Bonchev–Trinajstić information content (AvgIpc) is 3.27. The Morgan fingerprint density at radius 3 is 2.52 bits per heavy atom. The fourth-order valence-corrected chi connectivity index (χ4v) is 2.54. The first-order chi connectivity index (χ1) is 11.0. The van der Waals surface area contributed by atoms with Crippen molar-refractivity contribution in [3.63, 3.8) is 0 Å². The molecule has 6 nitrogen and oxygen atoms in total. The van der Waals surface area contributed by atoms with Gasteiger partial charge < -0.3 is 15.2 Å². The van der Waals surface area contributed by atoms with Crippen LogP contribution in [0.15, 0.2) is 34.9 Å². The van der Waals surface area contributed by atoms with E-state index in [1.165, 1.54) is 0 Å². The molecule has 23 heavy (non-hydrogen) atoms. The van der Waals surface area contributed by atoms with Crippen LogP contribution in [-0.2, 0) is 16.0 Å². The van der Waals surface area contributed by atoms with Crippen LogP contribution in [0.4, 0.5) is 11.5 Å². The third kappa shape index (κ3) is 2.97. The summed E-state index contributed by atoms with van der Waals surface area (Å²) >= 11 is 0. The van der Waals surface area contributed by atoms with Crippen LogP contribution in [0.2, 0.25) is 0 Å². The minimum absolute atomic E-state index is 0.267. The van der Waals surface area contributed by atoms with Crippen molar-refractivity contribution in [1.29, 1.82) is 0 Å². The van der Waals surface area contributed by atoms with Gasteiger partial charge in [-0.2, -0.15) is 0 Å². The Morgan fingerprint density at radius 2 is 1.91 bits per heavy atom. The molecule has 0 atom stereocenters. The highest BCUT2D eigenvalue weighted by molar-refractivity contribution is 6.16. The summed E-state index contributed by atoms with van der Waals surface area (Å²) in [5.74, 6) is 0.334. The quantitative estimate of drug-likeness (QED) is 0.831. The number of aryl methyl sites for hydroxylation is 2. The van der Waals surface area contributed by atoms with Crippen LogP contribution in [0.3, 0.4) is 0 Å². The average molecular weight is 313 g/mol. The number of nitrogens with one attached hydrogen (secondary N) is 2.